The minimum atomic E-state index is 0.135. The van der Waals surface area contributed by atoms with Gasteiger partial charge in [-0.3, -0.25) is 14.5 Å². The van der Waals surface area contributed by atoms with Gasteiger partial charge in [0.15, 0.2) is 0 Å². The van der Waals surface area contributed by atoms with Gasteiger partial charge in [-0.05, 0) is 48.6 Å². The Kier molecular flexibility index (Phi) is 6.75. The van der Waals surface area contributed by atoms with Gasteiger partial charge in [-0.2, -0.15) is 0 Å². The van der Waals surface area contributed by atoms with Crippen molar-refractivity contribution in [3.8, 4) is 0 Å². The van der Waals surface area contributed by atoms with E-state index >= 15 is 0 Å². The lowest BCUT2D eigenvalue weighted by atomic mass is 9.49. The van der Waals surface area contributed by atoms with Crippen molar-refractivity contribution in [2.45, 2.75) is 47.0 Å². The molecular weight excluding hydrogens is 398 g/mol. The molecule has 1 saturated carbocycles. The number of carbonyl (C=O) groups is 2. The average molecular weight is 438 g/mol. The molecule has 2 bridgehead atoms. The van der Waals surface area contributed by atoms with E-state index in [-0.39, 0.29) is 11.8 Å². The van der Waals surface area contributed by atoms with Crippen LogP contribution < -0.4 is 0 Å². The Morgan fingerprint density at radius 1 is 1.12 bits per heavy atom. The Morgan fingerprint density at radius 3 is 2.47 bits per heavy atom. The topological polar surface area (TPSA) is 43.9 Å². The number of allylic oxidation sites excluding steroid dienone is 1. The molecule has 1 aliphatic heterocycles. The summed E-state index contributed by atoms with van der Waals surface area (Å²) in [5.74, 6) is 1.85. The minimum absolute atomic E-state index is 0.135. The van der Waals surface area contributed by atoms with Crippen LogP contribution in [0, 0.1) is 24.2 Å². The molecule has 4 aliphatic rings. The third-order valence-corrected chi connectivity index (χ3v) is 8.33. The highest BCUT2D eigenvalue weighted by atomic mass is 16.2. The molecule has 5 rings (SSSR count). The molecule has 32 heavy (non-hydrogen) atoms. The average Bonchev–Trinajstić information content (AvgIpc) is 2.81. The number of piperazine rings is 1. The summed E-state index contributed by atoms with van der Waals surface area (Å²) < 4.78 is 0. The lowest BCUT2D eigenvalue weighted by molar-refractivity contribution is -0.131. The molecule has 5 nitrogen and oxygen atoms in total. The molecule has 2 amide bonds. The van der Waals surface area contributed by atoms with E-state index in [0.717, 1.165) is 62.9 Å². The summed E-state index contributed by atoms with van der Waals surface area (Å²) in [5, 5.41) is 0. The third kappa shape index (κ3) is 4.50. The van der Waals surface area contributed by atoms with E-state index in [9.17, 15) is 9.59 Å². The van der Waals surface area contributed by atoms with Crippen molar-refractivity contribution in [1.29, 1.82) is 0 Å². The van der Waals surface area contributed by atoms with Crippen LogP contribution in [0.1, 0.15) is 56.0 Å². The van der Waals surface area contributed by atoms with Gasteiger partial charge < -0.3 is 9.80 Å². The molecule has 0 radical (unpaired) electrons. The Bertz CT molecular complexity index is 883. The zero-order valence-electron chi connectivity index (χ0n) is 20.3. The predicted octanol–water partition coefficient (Wildman–Crippen LogP) is 3.98. The van der Waals surface area contributed by atoms with E-state index in [1.807, 2.05) is 43.0 Å². The molecular formula is C27H39N3O2. The van der Waals surface area contributed by atoms with Crippen LogP contribution in [-0.4, -0.2) is 72.3 Å². The Balaban J connectivity index is 1.29. The lowest BCUT2D eigenvalue weighted by Gasteiger charge is -2.57. The van der Waals surface area contributed by atoms with Crippen molar-refractivity contribution < 1.29 is 9.59 Å². The van der Waals surface area contributed by atoms with E-state index in [0.29, 0.717) is 17.8 Å². The smallest absolute Gasteiger partial charge is 0.254 e. The van der Waals surface area contributed by atoms with Gasteiger partial charge >= 0.3 is 0 Å². The molecule has 1 aromatic carbocycles. The Hall–Kier alpha value is -2.14. The van der Waals surface area contributed by atoms with Crippen LogP contribution in [0.2, 0.25) is 0 Å². The summed E-state index contributed by atoms with van der Waals surface area (Å²) in [7, 11) is 0. The lowest BCUT2D eigenvalue weighted by Crippen LogP contribution is -2.52. The SMILES string of the molecule is CCC(=O)N(CCN1CCN(C(=O)c2ccccc2C)CC1)CC1=CCC2CC1C2(C)C. The van der Waals surface area contributed by atoms with Crippen LogP contribution in [0.15, 0.2) is 35.9 Å². The van der Waals surface area contributed by atoms with E-state index in [2.05, 4.69) is 29.7 Å². The zero-order valence-corrected chi connectivity index (χ0v) is 20.3. The Morgan fingerprint density at radius 2 is 1.84 bits per heavy atom. The van der Waals surface area contributed by atoms with Gasteiger partial charge in [0.05, 0.1) is 0 Å². The van der Waals surface area contributed by atoms with Crippen LogP contribution in [-0.2, 0) is 4.79 Å². The fourth-order valence-corrected chi connectivity index (χ4v) is 5.81. The van der Waals surface area contributed by atoms with Crippen molar-refractivity contribution in [3.05, 3.63) is 47.0 Å². The first-order valence-corrected chi connectivity index (χ1v) is 12.3. The van der Waals surface area contributed by atoms with Crippen LogP contribution in [0.3, 0.4) is 0 Å². The third-order valence-electron chi connectivity index (χ3n) is 8.33. The normalized spacial score (nSPS) is 24.5. The van der Waals surface area contributed by atoms with Crippen LogP contribution in [0.25, 0.3) is 0 Å². The van der Waals surface area contributed by atoms with Gasteiger partial charge in [-0.15, -0.1) is 0 Å². The molecule has 0 spiro atoms. The van der Waals surface area contributed by atoms with Crippen LogP contribution >= 0.6 is 0 Å². The van der Waals surface area contributed by atoms with Crippen LogP contribution in [0.4, 0.5) is 0 Å². The number of hydrogen-bond acceptors (Lipinski definition) is 3. The quantitative estimate of drug-likeness (QED) is 0.606. The highest BCUT2D eigenvalue weighted by Crippen LogP contribution is 2.59. The highest BCUT2D eigenvalue weighted by molar-refractivity contribution is 5.95. The summed E-state index contributed by atoms with van der Waals surface area (Å²) in [6.07, 6.45) is 5.44. The first-order chi connectivity index (χ1) is 15.3. The largest absolute Gasteiger partial charge is 0.337 e. The molecule has 0 N–H and O–H groups in total. The van der Waals surface area contributed by atoms with Crippen molar-refractivity contribution in [2.24, 2.45) is 17.3 Å². The second-order valence-corrected chi connectivity index (χ2v) is 10.4. The van der Waals surface area contributed by atoms with E-state index in [1.165, 1.54) is 18.4 Å². The van der Waals surface area contributed by atoms with E-state index < -0.39 is 0 Å². The number of fused-ring (bicyclic) bond motifs is 1. The molecule has 2 fully saturated rings. The number of rotatable bonds is 7. The van der Waals surface area contributed by atoms with Gasteiger partial charge in [0.2, 0.25) is 5.91 Å². The standard InChI is InChI=1S/C27H39N3O2/c1-5-25(31)30(19-21-10-11-22-18-24(21)27(22,3)4)17-14-28-12-15-29(16-13-28)26(32)23-9-7-6-8-20(23)2/h6-10,22,24H,5,11-19H2,1-4H3. The number of benzene rings is 1. The number of amides is 2. The molecule has 3 aliphatic carbocycles. The van der Waals surface area contributed by atoms with Gasteiger partial charge in [-0.25, -0.2) is 0 Å². The van der Waals surface area contributed by atoms with Gasteiger partial charge in [-0.1, -0.05) is 50.6 Å². The Labute approximate surface area is 193 Å². The van der Waals surface area contributed by atoms with Crippen LogP contribution in [0.5, 0.6) is 0 Å². The summed E-state index contributed by atoms with van der Waals surface area (Å²) >= 11 is 0. The minimum Gasteiger partial charge on any atom is -0.337 e. The fraction of sp³-hybridized carbons (Fsp3) is 0.630. The highest BCUT2D eigenvalue weighted by Gasteiger charge is 2.51. The molecule has 5 heteroatoms. The zero-order chi connectivity index (χ0) is 22.9. The number of nitrogens with zero attached hydrogens (tertiary/aromatic N) is 3. The van der Waals surface area contributed by atoms with E-state index in [4.69, 9.17) is 0 Å². The second-order valence-electron chi connectivity index (χ2n) is 10.4. The number of hydrogen-bond donors (Lipinski definition) is 0. The molecule has 1 aromatic rings. The summed E-state index contributed by atoms with van der Waals surface area (Å²) in [6.45, 7) is 14.4. The molecule has 174 valence electrons. The summed E-state index contributed by atoms with van der Waals surface area (Å²) in [5.41, 5.74) is 3.72. The number of carbonyl (C=O) groups excluding carboxylic acids is 2. The van der Waals surface area contributed by atoms with Gasteiger partial charge in [0, 0.05) is 57.8 Å². The van der Waals surface area contributed by atoms with Gasteiger partial charge in [0.1, 0.15) is 0 Å². The maximum absolute atomic E-state index is 12.9. The molecule has 0 aromatic heterocycles. The summed E-state index contributed by atoms with van der Waals surface area (Å²) in [4.78, 5) is 32.0. The van der Waals surface area contributed by atoms with Crippen molar-refractivity contribution in [3.63, 3.8) is 0 Å². The molecule has 2 unspecified atom stereocenters. The summed E-state index contributed by atoms with van der Waals surface area (Å²) in [6, 6.07) is 7.82. The number of aryl methyl sites for hydroxylation is 1. The van der Waals surface area contributed by atoms with Gasteiger partial charge in [0.25, 0.3) is 5.91 Å². The maximum Gasteiger partial charge on any atom is 0.254 e. The van der Waals surface area contributed by atoms with Crippen molar-refractivity contribution in [1.82, 2.24) is 14.7 Å². The first kappa shape index (κ1) is 23.0. The fourth-order valence-electron chi connectivity index (χ4n) is 5.81. The maximum atomic E-state index is 12.9. The first-order valence-electron chi connectivity index (χ1n) is 12.3. The molecule has 2 atom stereocenters. The predicted molar refractivity (Wildman–Crippen MR) is 128 cm³/mol. The molecule has 1 heterocycles. The second kappa shape index (κ2) is 9.38. The van der Waals surface area contributed by atoms with Crippen molar-refractivity contribution >= 4 is 11.8 Å². The molecule has 1 saturated heterocycles. The monoisotopic (exact) mass is 437 g/mol. The van der Waals surface area contributed by atoms with E-state index in [1.54, 1.807) is 0 Å². The van der Waals surface area contributed by atoms with Crippen molar-refractivity contribution in [2.75, 3.05) is 45.8 Å².